The summed E-state index contributed by atoms with van der Waals surface area (Å²) >= 11 is 2.93. The fourth-order valence-electron chi connectivity index (χ4n) is 3.29. The van der Waals surface area contributed by atoms with Crippen LogP contribution < -0.4 is 16.2 Å². The fourth-order valence-corrected chi connectivity index (χ4v) is 5.18. The molecule has 0 radical (unpaired) electrons. The summed E-state index contributed by atoms with van der Waals surface area (Å²) in [6, 6.07) is 7.02. The fraction of sp³-hybridized carbons (Fsp3) is 0.316. The monoisotopic (exact) mass is 401 g/mol. The molecule has 140 valence electrons. The lowest BCUT2D eigenvalue weighted by atomic mass is 9.90. The highest BCUT2D eigenvalue weighted by atomic mass is 32.2. The van der Waals surface area contributed by atoms with Crippen molar-refractivity contribution in [2.75, 3.05) is 11.1 Å². The summed E-state index contributed by atoms with van der Waals surface area (Å²) in [5.41, 5.74) is 7.18. The van der Waals surface area contributed by atoms with Crippen molar-refractivity contribution >= 4 is 46.5 Å². The van der Waals surface area contributed by atoms with Gasteiger partial charge >= 0.3 is 0 Å². The third kappa shape index (κ3) is 3.86. The van der Waals surface area contributed by atoms with Gasteiger partial charge in [-0.1, -0.05) is 6.92 Å². The quantitative estimate of drug-likeness (QED) is 0.675. The summed E-state index contributed by atoms with van der Waals surface area (Å²) in [5, 5.41) is 2.75. The highest BCUT2D eigenvalue weighted by molar-refractivity contribution is 8.00. The van der Waals surface area contributed by atoms with Crippen molar-refractivity contribution in [2.24, 2.45) is 5.92 Å². The molecule has 6 nitrogen and oxygen atoms in total. The molecule has 3 amide bonds. The highest BCUT2D eigenvalue weighted by Gasteiger charge is 2.21. The minimum Gasteiger partial charge on any atom is -0.324 e. The smallest absolute Gasteiger partial charge is 0.279 e. The second-order valence-electron chi connectivity index (χ2n) is 6.86. The second kappa shape index (κ2) is 7.36. The van der Waals surface area contributed by atoms with Crippen LogP contribution in [0.1, 0.15) is 43.8 Å². The molecule has 2 aliphatic rings. The maximum Gasteiger partial charge on any atom is 0.279 e. The van der Waals surface area contributed by atoms with Crippen LogP contribution in [-0.4, -0.2) is 23.5 Å². The molecule has 0 saturated carbocycles. The van der Waals surface area contributed by atoms with Gasteiger partial charge in [0.2, 0.25) is 5.91 Å². The van der Waals surface area contributed by atoms with E-state index in [4.69, 9.17) is 0 Å². The molecule has 8 heteroatoms. The van der Waals surface area contributed by atoms with E-state index in [9.17, 15) is 14.4 Å². The summed E-state index contributed by atoms with van der Waals surface area (Å²) in [6.07, 6.45) is 3.17. The number of thioether (sulfide) groups is 1. The maximum absolute atomic E-state index is 12.4. The molecule has 0 fully saturated rings. The van der Waals surface area contributed by atoms with E-state index in [2.05, 4.69) is 23.1 Å². The SMILES string of the molecule is CC1CCc2sc(C(=O)NNC(=O)c3ccc4c(c3)NC(=O)CS4)cc2C1. The zero-order valence-corrected chi connectivity index (χ0v) is 16.4. The zero-order valence-electron chi connectivity index (χ0n) is 14.8. The number of fused-ring (bicyclic) bond motifs is 2. The van der Waals surface area contributed by atoms with Crippen molar-refractivity contribution in [3.63, 3.8) is 0 Å². The summed E-state index contributed by atoms with van der Waals surface area (Å²) in [5.74, 6) is 0.195. The number of thiophene rings is 1. The van der Waals surface area contributed by atoms with Crippen LogP contribution in [0, 0.1) is 5.92 Å². The van der Waals surface area contributed by atoms with Crippen molar-refractivity contribution in [2.45, 2.75) is 31.1 Å². The molecular weight excluding hydrogens is 382 g/mol. The van der Waals surface area contributed by atoms with E-state index in [0.717, 1.165) is 24.2 Å². The van der Waals surface area contributed by atoms with E-state index in [1.165, 1.54) is 33.5 Å². The van der Waals surface area contributed by atoms with Crippen LogP contribution in [0.4, 0.5) is 5.69 Å². The second-order valence-corrected chi connectivity index (χ2v) is 9.02. The average Bonchev–Trinajstić information content (AvgIpc) is 3.08. The van der Waals surface area contributed by atoms with Crippen LogP contribution >= 0.6 is 23.1 Å². The number of hydrogen-bond acceptors (Lipinski definition) is 5. The van der Waals surface area contributed by atoms with Gasteiger partial charge in [-0.2, -0.15) is 0 Å². The van der Waals surface area contributed by atoms with Crippen LogP contribution in [0.25, 0.3) is 0 Å². The van der Waals surface area contributed by atoms with Gasteiger partial charge in [0.1, 0.15) is 0 Å². The van der Waals surface area contributed by atoms with Gasteiger partial charge in [0.05, 0.1) is 16.3 Å². The molecule has 0 saturated heterocycles. The molecule has 2 aromatic rings. The number of hydrazine groups is 1. The summed E-state index contributed by atoms with van der Waals surface area (Å²) < 4.78 is 0. The first kappa shape index (κ1) is 18.1. The Kier molecular flexibility index (Phi) is 4.92. The van der Waals surface area contributed by atoms with Crippen LogP contribution in [0.3, 0.4) is 0 Å². The van der Waals surface area contributed by atoms with Crippen LogP contribution in [-0.2, 0) is 17.6 Å². The minimum atomic E-state index is -0.425. The molecule has 27 heavy (non-hydrogen) atoms. The molecule has 1 aromatic carbocycles. The third-order valence-electron chi connectivity index (χ3n) is 4.72. The molecule has 1 aliphatic heterocycles. The van der Waals surface area contributed by atoms with E-state index in [0.29, 0.717) is 27.8 Å². The minimum absolute atomic E-state index is 0.0886. The Hall–Kier alpha value is -2.32. The molecule has 0 spiro atoms. The zero-order chi connectivity index (χ0) is 19.0. The van der Waals surface area contributed by atoms with Gasteiger partial charge in [0, 0.05) is 15.3 Å². The molecule has 1 unspecified atom stereocenters. The number of carbonyl (C=O) groups is 3. The van der Waals surface area contributed by atoms with E-state index in [1.807, 2.05) is 6.07 Å². The van der Waals surface area contributed by atoms with E-state index in [-0.39, 0.29) is 11.8 Å². The van der Waals surface area contributed by atoms with Crippen molar-refractivity contribution in [3.05, 3.63) is 45.1 Å². The number of carbonyl (C=O) groups excluding carboxylic acids is 3. The molecule has 2 heterocycles. The first-order chi connectivity index (χ1) is 13.0. The van der Waals surface area contributed by atoms with Crippen molar-refractivity contribution in [3.8, 4) is 0 Å². The topological polar surface area (TPSA) is 87.3 Å². The van der Waals surface area contributed by atoms with Gasteiger partial charge in [-0.3, -0.25) is 25.2 Å². The molecule has 3 N–H and O–H groups in total. The molecular formula is C19H19N3O3S2. The number of benzene rings is 1. The van der Waals surface area contributed by atoms with Gasteiger partial charge in [-0.15, -0.1) is 23.1 Å². The number of hydrogen-bond donors (Lipinski definition) is 3. The molecule has 1 aliphatic carbocycles. The first-order valence-electron chi connectivity index (χ1n) is 8.78. The predicted molar refractivity (Wildman–Crippen MR) is 106 cm³/mol. The number of rotatable bonds is 2. The number of nitrogens with one attached hydrogen (secondary N) is 3. The van der Waals surface area contributed by atoms with Crippen LogP contribution in [0.15, 0.2) is 29.2 Å². The number of amides is 3. The van der Waals surface area contributed by atoms with Crippen molar-refractivity contribution in [1.82, 2.24) is 10.9 Å². The summed E-state index contributed by atoms with van der Waals surface area (Å²) in [4.78, 5) is 39.0. The van der Waals surface area contributed by atoms with Crippen molar-refractivity contribution in [1.29, 1.82) is 0 Å². The Bertz CT molecular complexity index is 938. The van der Waals surface area contributed by atoms with Gasteiger partial charge in [-0.25, -0.2) is 0 Å². The van der Waals surface area contributed by atoms with E-state index < -0.39 is 5.91 Å². The van der Waals surface area contributed by atoms with Gasteiger partial charge in [-0.05, 0) is 55.0 Å². The lowest BCUT2D eigenvalue weighted by Gasteiger charge is -2.17. The Morgan fingerprint density at radius 2 is 2.00 bits per heavy atom. The largest absolute Gasteiger partial charge is 0.324 e. The van der Waals surface area contributed by atoms with Crippen molar-refractivity contribution < 1.29 is 14.4 Å². The number of aryl methyl sites for hydroxylation is 1. The standard InChI is InChI=1S/C19H19N3O3S2/c1-10-2-4-14-12(6-10)8-16(27-14)19(25)22-21-18(24)11-3-5-15-13(7-11)20-17(23)9-26-15/h3,5,7-8,10H,2,4,6,9H2,1H3,(H,20,23)(H,21,24)(H,22,25). The molecule has 1 aromatic heterocycles. The Labute approximate surface area is 165 Å². The van der Waals surface area contributed by atoms with Crippen LogP contribution in [0.5, 0.6) is 0 Å². The Morgan fingerprint density at radius 3 is 2.85 bits per heavy atom. The van der Waals surface area contributed by atoms with Gasteiger partial charge < -0.3 is 5.32 Å². The summed E-state index contributed by atoms with van der Waals surface area (Å²) in [6.45, 7) is 2.22. The summed E-state index contributed by atoms with van der Waals surface area (Å²) in [7, 11) is 0. The lowest BCUT2D eigenvalue weighted by molar-refractivity contribution is -0.113. The number of anilines is 1. The third-order valence-corrected chi connectivity index (χ3v) is 7.03. The Balaban J connectivity index is 1.40. The maximum atomic E-state index is 12.4. The van der Waals surface area contributed by atoms with E-state index in [1.54, 1.807) is 18.2 Å². The molecule has 4 rings (SSSR count). The molecule has 1 atom stereocenters. The average molecular weight is 402 g/mol. The van der Waals surface area contributed by atoms with E-state index >= 15 is 0 Å². The van der Waals surface area contributed by atoms with Gasteiger partial charge in [0.15, 0.2) is 0 Å². The first-order valence-corrected chi connectivity index (χ1v) is 10.6. The predicted octanol–water partition coefficient (Wildman–Crippen LogP) is 2.99. The van der Waals surface area contributed by atoms with Crippen LogP contribution in [0.2, 0.25) is 0 Å². The van der Waals surface area contributed by atoms with Gasteiger partial charge in [0.25, 0.3) is 11.8 Å². The Morgan fingerprint density at radius 1 is 1.19 bits per heavy atom. The normalized spacial score (nSPS) is 18.1. The lowest BCUT2D eigenvalue weighted by Crippen LogP contribution is -2.41. The highest BCUT2D eigenvalue weighted by Crippen LogP contribution is 2.33. The molecule has 0 bridgehead atoms.